The van der Waals surface area contributed by atoms with Crippen LogP contribution in [-0.4, -0.2) is 63.7 Å². The van der Waals surface area contributed by atoms with E-state index in [1.54, 1.807) is 13.2 Å². The number of hydrogen-bond acceptors (Lipinski definition) is 7. The molecule has 0 bridgehead atoms. The number of pyridine rings is 1. The van der Waals surface area contributed by atoms with E-state index in [4.69, 9.17) is 19.9 Å². The van der Waals surface area contributed by atoms with Crippen LogP contribution in [0.5, 0.6) is 5.75 Å². The molecule has 2 fully saturated rings. The highest BCUT2D eigenvalue weighted by Crippen LogP contribution is 2.41. The average Bonchev–Trinajstić information content (AvgIpc) is 3.35. The highest BCUT2D eigenvalue weighted by Gasteiger charge is 2.23. The number of amides is 1. The maximum absolute atomic E-state index is 10.8. The van der Waals surface area contributed by atoms with Gasteiger partial charge in [0.15, 0.2) is 0 Å². The molecule has 3 aliphatic heterocycles. The second kappa shape index (κ2) is 10.6. The minimum absolute atomic E-state index is 0.437. The summed E-state index contributed by atoms with van der Waals surface area (Å²) < 4.78 is 16.1. The summed E-state index contributed by atoms with van der Waals surface area (Å²) in [4.78, 5) is 21.7. The largest absolute Gasteiger partial charge is 0.496 e. The molecule has 0 radical (unpaired) electrons. The second-order valence-electron chi connectivity index (χ2n) is 7.96. The Kier molecular flexibility index (Phi) is 7.34. The number of aliphatic imine (C=N–C) groups is 1. The van der Waals surface area contributed by atoms with Crippen LogP contribution in [0.3, 0.4) is 0 Å². The number of carbonyl (C=O) groups excluding carboxylic acids is 1. The Balaban J connectivity index is 0.000000155. The number of primary amides is 1. The maximum atomic E-state index is 10.8. The van der Waals surface area contributed by atoms with Crippen LogP contribution in [0.2, 0.25) is 0 Å². The van der Waals surface area contributed by atoms with Gasteiger partial charge in [0.05, 0.1) is 31.6 Å². The monoisotopic (exact) mass is 438 g/mol. The molecule has 0 aliphatic carbocycles. The lowest BCUT2D eigenvalue weighted by molar-refractivity contribution is 0.0854. The molecular weight excluding hydrogens is 408 g/mol. The number of anilines is 1. The average molecular weight is 439 g/mol. The van der Waals surface area contributed by atoms with E-state index in [0.717, 1.165) is 76.0 Å². The molecular formula is C24H30N4O4. The minimum atomic E-state index is -0.448. The summed E-state index contributed by atoms with van der Waals surface area (Å²) in [6.07, 6.45) is 6.60. The van der Waals surface area contributed by atoms with Crippen LogP contribution in [0.1, 0.15) is 40.2 Å². The molecule has 8 nitrogen and oxygen atoms in total. The van der Waals surface area contributed by atoms with Gasteiger partial charge in [0, 0.05) is 50.7 Å². The topological polar surface area (TPSA) is 99.3 Å². The number of hydrogen-bond donors (Lipinski definition) is 1. The van der Waals surface area contributed by atoms with Gasteiger partial charge in [0.2, 0.25) is 5.91 Å². The van der Waals surface area contributed by atoms with Crippen LogP contribution in [0.25, 0.3) is 0 Å². The minimum Gasteiger partial charge on any atom is -0.496 e. The number of nitrogens with zero attached hydrogens (tertiary/aromatic N) is 3. The van der Waals surface area contributed by atoms with Gasteiger partial charge in [-0.3, -0.25) is 9.79 Å². The standard InChI is InChI=1S/C14H17NO2.C10H13N3O2/c1-16-13-3-2-11(10-5-8-17-9-6-10)14-12(13)4-7-15-14;11-10(14)8-1-2-9(12-7-8)13-3-5-15-6-4-13/h2-3,7,10H,4-6,8-9H2,1H3;1-2,7H,3-6H2,(H2,11,14). The molecule has 5 rings (SSSR count). The van der Waals surface area contributed by atoms with E-state index < -0.39 is 5.91 Å². The molecule has 3 aliphatic rings. The van der Waals surface area contributed by atoms with Gasteiger partial charge in [0.25, 0.3) is 0 Å². The first kappa shape index (κ1) is 22.2. The zero-order valence-corrected chi connectivity index (χ0v) is 18.5. The number of fused-ring (bicyclic) bond motifs is 1. The first-order valence-electron chi connectivity index (χ1n) is 11.1. The van der Waals surface area contributed by atoms with Crippen molar-refractivity contribution in [2.24, 2.45) is 10.7 Å². The van der Waals surface area contributed by atoms with Gasteiger partial charge >= 0.3 is 0 Å². The molecule has 0 saturated carbocycles. The Hall–Kier alpha value is -2.97. The predicted octanol–water partition coefficient (Wildman–Crippen LogP) is 2.86. The Morgan fingerprint density at radius 1 is 1.09 bits per heavy atom. The lowest BCUT2D eigenvalue weighted by atomic mass is 9.89. The zero-order chi connectivity index (χ0) is 22.3. The number of nitrogens with two attached hydrogens (primary N) is 1. The van der Waals surface area contributed by atoms with Crippen molar-refractivity contribution in [2.45, 2.75) is 25.2 Å². The maximum Gasteiger partial charge on any atom is 0.250 e. The Bertz CT molecular complexity index is 949. The molecule has 0 atom stereocenters. The van der Waals surface area contributed by atoms with E-state index in [-0.39, 0.29) is 0 Å². The number of benzene rings is 1. The van der Waals surface area contributed by atoms with Gasteiger partial charge in [-0.25, -0.2) is 4.98 Å². The van der Waals surface area contributed by atoms with Gasteiger partial charge < -0.3 is 24.8 Å². The Morgan fingerprint density at radius 3 is 2.50 bits per heavy atom. The van der Waals surface area contributed by atoms with Crippen molar-refractivity contribution in [1.82, 2.24) is 4.98 Å². The van der Waals surface area contributed by atoms with E-state index in [2.05, 4.69) is 27.0 Å². The number of methoxy groups -OCH3 is 1. The Morgan fingerprint density at radius 2 is 1.84 bits per heavy atom. The predicted molar refractivity (Wildman–Crippen MR) is 123 cm³/mol. The summed E-state index contributed by atoms with van der Waals surface area (Å²) in [7, 11) is 1.72. The smallest absolute Gasteiger partial charge is 0.250 e. The normalized spacial score (nSPS) is 18.0. The molecule has 0 unspecified atom stereocenters. The van der Waals surface area contributed by atoms with Gasteiger partial charge in [0.1, 0.15) is 11.6 Å². The molecule has 2 saturated heterocycles. The van der Waals surface area contributed by atoms with Crippen molar-refractivity contribution >= 4 is 23.6 Å². The fourth-order valence-electron chi connectivity index (χ4n) is 4.25. The summed E-state index contributed by atoms with van der Waals surface area (Å²) in [5, 5.41) is 0. The third kappa shape index (κ3) is 5.08. The molecule has 1 amide bonds. The molecule has 2 aromatic rings. The summed E-state index contributed by atoms with van der Waals surface area (Å²) in [6.45, 7) is 4.86. The van der Waals surface area contributed by atoms with E-state index in [1.165, 1.54) is 17.3 Å². The van der Waals surface area contributed by atoms with Gasteiger partial charge in [-0.05, 0) is 42.5 Å². The summed E-state index contributed by atoms with van der Waals surface area (Å²) in [6, 6.07) is 7.76. The molecule has 1 aromatic heterocycles. The van der Waals surface area contributed by atoms with Crippen LogP contribution in [-0.2, 0) is 15.9 Å². The second-order valence-corrected chi connectivity index (χ2v) is 7.96. The molecule has 8 heteroatoms. The SMILES string of the molecule is COc1ccc(C2CCOCC2)c2c1CC=N2.NC(=O)c1ccc(N2CCOCC2)nc1. The van der Waals surface area contributed by atoms with Gasteiger partial charge in [-0.2, -0.15) is 0 Å². The van der Waals surface area contributed by atoms with Gasteiger partial charge in [-0.1, -0.05) is 6.07 Å². The number of carbonyl (C=O) groups is 1. The third-order valence-corrected chi connectivity index (χ3v) is 6.04. The van der Waals surface area contributed by atoms with Crippen molar-refractivity contribution in [1.29, 1.82) is 0 Å². The third-order valence-electron chi connectivity index (χ3n) is 6.04. The van der Waals surface area contributed by atoms with Gasteiger partial charge in [-0.15, -0.1) is 0 Å². The van der Waals surface area contributed by atoms with E-state index in [0.29, 0.717) is 11.5 Å². The Labute approximate surface area is 188 Å². The highest BCUT2D eigenvalue weighted by atomic mass is 16.5. The number of ether oxygens (including phenoxy) is 3. The lowest BCUT2D eigenvalue weighted by Gasteiger charge is -2.27. The summed E-state index contributed by atoms with van der Waals surface area (Å²) in [5.41, 5.74) is 9.34. The summed E-state index contributed by atoms with van der Waals surface area (Å²) in [5.74, 6) is 1.98. The molecule has 2 N–H and O–H groups in total. The van der Waals surface area contributed by atoms with Crippen molar-refractivity contribution in [2.75, 3.05) is 51.5 Å². The molecule has 32 heavy (non-hydrogen) atoms. The molecule has 0 spiro atoms. The van der Waals surface area contributed by atoms with Crippen molar-refractivity contribution in [3.05, 3.63) is 47.2 Å². The zero-order valence-electron chi connectivity index (χ0n) is 18.5. The highest BCUT2D eigenvalue weighted by molar-refractivity contribution is 5.92. The fourth-order valence-corrected chi connectivity index (χ4v) is 4.25. The fraction of sp³-hybridized carbons (Fsp3) is 0.458. The molecule has 4 heterocycles. The van der Waals surface area contributed by atoms with Crippen LogP contribution in [0.4, 0.5) is 11.5 Å². The molecule has 170 valence electrons. The molecule has 1 aromatic carbocycles. The van der Waals surface area contributed by atoms with Crippen molar-refractivity contribution < 1.29 is 19.0 Å². The van der Waals surface area contributed by atoms with Crippen molar-refractivity contribution in [3.63, 3.8) is 0 Å². The number of aromatic nitrogens is 1. The lowest BCUT2D eigenvalue weighted by Crippen LogP contribution is -2.36. The first-order valence-corrected chi connectivity index (χ1v) is 11.1. The van der Waals surface area contributed by atoms with Crippen LogP contribution in [0.15, 0.2) is 35.5 Å². The van der Waals surface area contributed by atoms with E-state index in [9.17, 15) is 4.79 Å². The quantitative estimate of drug-likeness (QED) is 0.788. The van der Waals surface area contributed by atoms with Crippen LogP contribution >= 0.6 is 0 Å². The van der Waals surface area contributed by atoms with E-state index >= 15 is 0 Å². The van der Waals surface area contributed by atoms with Crippen LogP contribution < -0.4 is 15.4 Å². The number of morpholine rings is 1. The summed E-state index contributed by atoms with van der Waals surface area (Å²) >= 11 is 0. The van der Waals surface area contributed by atoms with Crippen molar-refractivity contribution in [3.8, 4) is 5.75 Å². The van der Waals surface area contributed by atoms with E-state index in [1.807, 2.05) is 12.3 Å². The number of rotatable bonds is 4. The van der Waals surface area contributed by atoms with Crippen LogP contribution in [0, 0.1) is 0 Å². The first-order chi connectivity index (χ1) is 15.7.